The molecule has 0 spiro atoms. The van der Waals surface area contributed by atoms with Crippen molar-refractivity contribution in [1.29, 1.82) is 0 Å². The van der Waals surface area contributed by atoms with Gasteiger partial charge in [0.25, 0.3) is 0 Å². The van der Waals surface area contributed by atoms with Crippen molar-refractivity contribution in [3.8, 4) is 0 Å². The smallest absolute Gasteiger partial charge is 0.328 e. The molecule has 1 amide bonds. The third-order valence-corrected chi connectivity index (χ3v) is 2.52. The highest BCUT2D eigenvalue weighted by Gasteiger charge is 2.50. The lowest BCUT2D eigenvalue weighted by molar-refractivity contribution is -0.159. The van der Waals surface area contributed by atoms with Gasteiger partial charge in [-0.3, -0.25) is 9.59 Å². The Labute approximate surface area is 94.1 Å². The molecule has 2 unspecified atom stereocenters. The number of carboxylic acid groups (broad SMARTS) is 1. The van der Waals surface area contributed by atoms with Gasteiger partial charge in [0, 0.05) is 5.57 Å². The average molecular weight is 230 g/mol. The van der Waals surface area contributed by atoms with E-state index in [1.165, 1.54) is 13.8 Å². The van der Waals surface area contributed by atoms with Crippen molar-refractivity contribution >= 4 is 11.9 Å². The van der Waals surface area contributed by atoms with Crippen LogP contribution in [0.5, 0.6) is 0 Å². The van der Waals surface area contributed by atoms with Crippen molar-refractivity contribution in [1.82, 2.24) is 5.32 Å². The van der Waals surface area contributed by atoms with Gasteiger partial charge in [0.2, 0.25) is 5.91 Å². The third kappa shape index (κ3) is 2.59. The Morgan fingerprint density at radius 1 is 1.50 bits per heavy atom. The van der Waals surface area contributed by atoms with Crippen molar-refractivity contribution < 1.29 is 19.8 Å². The highest BCUT2D eigenvalue weighted by molar-refractivity contribution is 5.93. The van der Waals surface area contributed by atoms with E-state index < -0.39 is 23.1 Å². The maximum atomic E-state index is 11.4. The topological polar surface area (TPSA) is 113 Å². The number of hydrogen-bond acceptors (Lipinski definition) is 4. The van der Waals surface area contributed by atoms with Crippen LogP contribution in [0.2, 0.25) is 0 Å². The Kier molecular flexibility index (Phi) is 4.22. The quantitative estimate of drug-likeness (QED) is 0.378. The lowest BCUT2D eigenvalue weighted by Gasteiger charge is -2.39. The van der Waals surface area contributed by atoms with Crippen LogP contribution in [-0.4, -0.2) is 33.4 Å². The summed E-state index contributed by atoms with van der Waals surface area (Å²) >= 11 is 0. The summed E-state index contributed by atoms with van der Waals surface area (Å²) in [7, 11) is 0. The number of carboxylic acids is 1. The first kappa shape index (κ1) is 14.6. The molecule has 0 heterocycles. The van der Waals surface area contributed by atoms with Crippen molar-refractivity contribution in [3.05, 3.63) is 12.2 Å². The number of nitrogens with two attached hydrogens (primary N) is 1. The molecule has 6 heteroatoms. The van der Waals surface area contributed by atoms with E-state index in [1.807, 2.05) is 0 Å². The van der Waals surface area contributed by atoms with Crippen molar-refractivity contribution in [2.45, 2.75) is 38.5 Å². The number of nitrogens with one attached hydrogen (secondary N) is 1. The van der Waals surface area contributed by atoms with Gasteiger partial charge in [-0.1, -0.05) is 13.5 Å². The molecule has 0 fully saturated rings. The molecule has 16 heavy (non-hydrogen) atoms. The minimum absolute atomic E-state index is 0.0364. The van der Waals surface area contributed by atoms with E-state index >= 15 is 0 Å². The molecule has 0 saturated carbocycles. The molecule has 5 N–H and O–H groups in total. The predicted octanol–water partition coefficient (Wildman–Crippen LogP) is -0.421. The Morgan fingerprint density at radius 2 is 1.94 bits per heavy atom. The summed E-state index contributed by atoms with van der Waals surface area (Å²) < 4.78 is 0. The van der Waals surface area contributed by atoms with E-state index in [0.29, 0.717) is 0 Å². The van der Waals surface area contributed by atoms with Crippen LogP contribution < -0.4 is 11.1 Å². The van der Waals surface area contributed by atoms with E-state index in [-0.39, 0.29) is 12.0 Å². The van der Waals surface area contributed by atoms with Crippen LogP contribution in [0.4, 0.5) is 0 Å². The SMILES string of the molecule is C=C(C)C(=O)NC(O)(CC)C(C)(N)C(=O)O. The molecule has 0 aliphatic carbocycles. The summed E-state index contributed by atoms with van der Waals surface area (Å²) in [6, 6.07) is 0. The van der Waals surface area contributed by atoms with E-state index in [1.54, 1.807) is 0 Å². The number of aliphatic carboxylic acids is 1. The fraction of sp³-hybridized carbons (Fsp3) is 0.600. The maximum Gasteiger partial charge on any atom is 0.328 e. The molecular weight excluding hydrogens is 212 g/mol. The highest BCUT2D eigenvalue weighted by Crippen LogP contribution is 2.21. The Hall–Kier alpha value is -1.40. The molecular formula is C10H18N2O4. The molecule has 0 aliphatic heterocycles. The zero-order valence-corrected chi connectivity index (χ0v) is 9.70. The average Bonchev–Trinajstić information content (AvgIpc) is 2.16. The first-order valence-corrected chi connectivity index (χ1v) is 4.81. The van der Waals surface area contributed by atoms with Crippen LogP contribution in [0.25, 0.3) is 0 Å². The second kappa shape index (κ2) is 4.63. The van der Waals surface area contributed by atoms with Crippen LogP contribution in [-0.2, 0) is 9.59 Å². The van der Waals surface area contributed by atoms with Gasteiger partial charge in [0.15, 0.2) is 11.3 Å². The zero-order chi connectivity index (χ0) is 13.1. The molecule has 0 aromatic heterocycles. The number of rotatable bonds is 5. The largest absolute Gasteiger partial charge is 0.480 e. The van der Waals surface area contributed by atoms with Gasteiger partial charge in [-0.2, -0.15) is 0 Å². The maximum absolute atomic E-state index is 11.4. The third-order valence-electron chi connectivity index (χ3n) is 2.52. The van der Waals surface area contributed by atoms with Gasteiger partial charge in [-0.15, -0.1) is 0 Å². The van der Waals surface area contributed by atoms with Crippen LogP contribution in [0.3, 0.4) is 0 Å². The fourth-order valence-electron chi connectivity index (χ4n) is 1.06. The van der Waals surface area contributed by atoms with Gasteiger partial charge in [-0.05, 0) is 20.3 Å². The van der Waals surface area contributed by atoms with Gasteiger partial charge in [-0.25, -0.2) is 0 Å². The van der Waals surface area contributed by atoms with E-state index in [2.05, 4.69) is 11.9 Å². The minimum Gasteiger partial charge on any atom is -0.480 e. The summed E-state index contributed by atoms with van der Waals surface area (Å²) in [6.45, 7) is 7.49. The second-order valence-corrected chi connectivity index (χ2v) is 3.96. The van der Waals surface area contributed by atoms with Crippen molar-refractivity contribution in [2.24, 2.45) is 5.73 Å². The number of hydrogen-bond donors (Lipinski definition) is 4. The van der Waals surface area contributed by atoms with Crippen LogP contribution >= 0.6 is 0 Å². The minimum atomic E-state index is -2.02. The van der Waals surface area contributed by atoms with Crippen molar-refractivity contribution in [3.63, 3.8) is 0 Å². The number of aliphatic hydroxyl groups is 1. The van der Waals surface area contributed by atoms with E-state index in [9.17, 15) is 14.7 Å². The number of amides is 1. The molecule has 0 radical (unpaired) electrons. The first-order valence-electron chi connectivity index (χ1n) is 4.81. The molecule has 92 valence electrons. The zero-order valence-electron chi connectivity index (χ0n) is 9.70. The van der Waals surface area contributed by atoms with Crippen LogP contribution in [0, 0.1) is 0 Å². The first-order chi connectivity index (χ1) is 7.08. The van der Waals surface area contributed by atoms with E-state index in [4.69, 9.17) is 10.8 Å². The molecule has 0 rings (SSSR count). The molecule has 0 aromatic rings. The Morgan fingerprint density at radius 3 is 2.19 bits per heavy atom. The highest BCUT2D eigenvalue weighted by atomic mass is 16.4. The number of carbonyl (C=O) groups excluding carboxylic acids is 1. The molecule has 0 saturated heterocycles. The summed E-state index contributed by atoms with van der Waals surface area (Å²) in [5, 5.41) is 21.1. The van der Waals surface area contributed by atoms with Crippen LogP contribution in [0.1, 0.15) is 27.2 Å². The summed E-state index contributed by atoms with van der Waals surface area (Å²) in [5.41, 5.74) is 1.67. The molecule has 2 atom stereocenters. The van der Waals surface area contributed by atoms with Crippen LogP contribution in [0.15, 0.2) is 12.2 Å². The lowest BCUT2D eigenvalue weighted by Crippen LogP contribution is -2.70. The normalized spacial score (nSPS) is 18.1. The second-order valence-electron chi connectivity index (χ2n) is 3.96. The fourth-order valence-corrected chi connectivity index (χ4v) is 1.06. The van der Waals surface area contributed by atoms with Gasteiger partial charge < -0.3 is 21.3 Å². The van der Waals surface area contributed by atoms with E-state index in [0.717, 1.165) is 6.92 Å². The monoisotopic (exact) mass is 230 g/mol. The summed E-state index contributed by atoms with van der Waals surface area (Å²) in [6.07, 6.45) is -0.0364. The summed E-state index contributed by atoms with van der Waals surface area (Å²) in [4.78, 5) is 22.3. The number of carbonyl (C=O) groups is 2. The molecule has 0 bridgehead atoms. The Balaban J connectivity index is 5.14. The molecule has 0 aromatic carbocycles. The Bertz CT molecular complexity index is 325. The predicted molar refractivity (Wildman–Crippen MR) is 58.4 cm³/mol. The molecule has 0 aliphatic rings. The van der Waals surface area contributed by atoms with Gasteiger partial charge in [0.05, 0.1) is 0 Å². The van der Waals surface area contributed by atoms with Gasteiger partial charge >= 0.3 is 5.97 Å². The molecule has 6 nitrogen and oxygen atoms in total. The lowest BCUT2D eigenvalue weighted by atomic mass is 9.87. The standard InChI is InChI=1S/C10H18N2O4/c1-5-10(16,9(4,11)8(14)15)12-7(13)6(2)3/h16H,2,5,11H2,1,3-4H3,(H,12,13)(H,14,15). The van der Waals surface area contributed by atoms with Crippen molar-refractivity contribution in [2.75, 3.05) is 0 Å². The van der Waals surface area contributed by atoms with Gasteiger partial charge in [0.1, 0.15) is 0 Å². The summed E-state index contributed by atoms with van der Waals surface area (Å²) in [5.74, 6) is -2.04.